The fourth-order valence-electron chi connectivity index (χ4n) is 9.60. The zero-order chi connectivity index (χ0) is 35.5. The maximum Gasteiger partial charge on any atom is 0.261 e. The lowest BCUT2D eigenvalue weighted by atomic mass is 9.65. The lowest BCUT2D eigenvalue weighted by molar-refractivity contribution is -0.276. The van der Waals surface area contributed by atoms with Gasteiger partial charge in [-0.25, -0.2) is 0 Å². The van der Waals surface area contributed by atoms with Crippen molar-refractivity contribution in [2.75, 3.05) is 13.1 Å². The fraction of sp³-hybridized carbons (Fsp3) is 0.409. The Bertz CT molecular complexity index is 1900. The molecule has 1 aliphatic carbocycles. The molecule has 264 valence electrons. The monoisotopic (exact) mass is 684 g/mol. The predicted octanol–water partition coefficient (Wildman–Crippen LogP) is 8.33. The minimum atomic E-state index is -0.531. The van der Waals surface area contributed by atoms with Crippen LogP contribution in [0.2, 0.25) is 0 Å². The molecule has 4 aromatic rings. The van der Waals surface area contributed by atoms with Gasteiger partial charge in [-0.05, 0) is 76.1 Å². The second-order valence-electron chi connectivity index (χ2n) is 16.5. The molecule has 0 radical (unpaired) electrons. The topological polar surface area (TPSA) is 79.3 Å². The van der Waals surface area contributed by atoms with Crippen LogP contribution in [0.15, 0.2) is 97.1 Å². The highest BCUT2D eigenvalue weighted by Gasteiger charge is 2.51. The van der Waals surface area contributed by atoms with Crippen LogP contribution >= 0.6 is 0 Å². The lowest BCUT2D eigenvalue weighted by Gasteiger charge is -2.43. The van der Waals surface area contributed by atoms with Gasteiger partial charge in [0.05, 0.1) is 36.5 Å². The number of nitrogens with zero attached hydrogens (tertiary/aromatic N) is 2. The third-order valence-electron chi connectivity index (χ3n) is 11.7. The van der Waals surface area contributed by atoms with Gasteiger partial charge in [0.15, 0.2) is 6.29 Å². The predicted molar refractivity (Wildman–Crippen MR) is 197 cm³/mol. The van der Waals surface area contributed by atoms with E-state index in [4.69, 9.17) is 9.47 Å². The van der Waals surface area contributed by atoms with E-state index in [9.17, 15) is 14.7 Å². The number of ether oxygens (including phenoxy) is 2. The number of aliphatic hydroxyl groups is 1. The van der Waals surface area contributed by atoms with E-state index in [1.54, 1.807) is 24.3 Å². The number of carbonyl (C=O) groups is 2. The Morgan fingerprint density at radius 1 is 0.765 bits per heavy atom. The van der Waals surface area contributed by atoms with Crippen LogP contribution in [-0.2, 0) is 22.6 Å². The van der Waals surface area contributed by atoms with Crippen molar-refractivity contribution in [1.82, 2.24) is 9.80 Å². The van der Waals surface area contributed by atoms with Crippen molar-refractivity contribution >= 4 is 11.8 Å². The molecule has 0 aromatic heterocycles. The van der Waals surface area contributed by atoms with Crippen LogP contribution in [0.25, 0.3) is 11.1 Å². The molecule has 3 aliphatic heterocycles. The van der Waals surface area contributed by atoms with Crippen molar-refractivity contribution in [3.05, 3.63) is 130 Å². The maximum absolute atomic E-state index is 13.0. The Kier molecular flexibility index (Phi) is 8.74. The molecule has 2 unspecified atom stereocenters. The number of aliphatic hydroxyl groups excluding tert-OH is 1. The van der Waals surface area contributed by atoms with Crippen LogP contribution in [-0.4, -0.2) is 52.0 Å². The largest absolute Gasteiger partial charge is 0.392 e. The summed E-state index contributed by atoms with van der Waals surface area (Å²) in [5.74, 6) is -0.371. The quantitative estimate of drug-likeness (QED) is 0.188. The van der Waals surface area contributed by atoms with Gasteiger partial charge >= 0.3 is 0 Å². The average Bonchev–Trinajstić information content (AvgIpc) is 3.51. The van der Waals surface area contributed by atoms with E-state index < -0.39 is 6.29 Å². The van der Waals surface area contributed by atoms with Crippen LogP contribution in [0.1, 0.15) is 102 Å². The Labute approximate surface area is 301 Å². The van der Waals surface area contributed by atoms with Crippen molar-refractivity contribution in [2.45, 2.75) is 84.6 Å². The Morgan fingerprint density at radius 3 is 2.14 bits per heavy atom. The van der Waals surface area contributed by atoms with Crippen LogP contribution in [0, 0.1) is 16.7 Å². The van der Waals surface area contributed by atoms with Gasteiger partial charge in [0.25, 0.3) is 11.8 Å². The van der Waals surface area contributed by atoms with Crippen LogP contribution in [0.5, 0.6) is 0 Å². The van der Waals surface area contributed by atoms with Gasteiger partial charge in [-0.3, -0.25) is 19.4 Å². The molecule has 2 amide bonds. The SMILES string of the molecule is C[C@H]1[C@@H](CN2CC3(C)CC2CC(C)(C)C3)O[C@@H](c2ccc(-c3cccc(CN4C(=O)c5ccccc5C4=O)c3)cc2)O[C@H]1c1ccc(CO)cc1. The normalized spacial score (nSPS) is 28.6. The standard InChI is InChI=1S/C44H48N2O5/c1-28-38(24-45-27-44(4)22-35(45)21-43(2,3)26-44)50-42(51-39(28)32-14-12-29(25-47)13-15-32)33-18-16-31(17-19-33)34-9-7-8-30(20-34)23-46-40(48)36-10-5-6-11-37(36)41(46)49/h5-20,28,35,38-39,42,47H,21-27H2,1-4H3/t28-,35?,38+,39+,42+,44?/m0/s1. The summed E-state index contributed by atoms with van der Waals surface area (Å²) in [6.07, 6.45) is 3.03. The molecule has 4 aromatic carbocycles. The van der Waals surface area contributed by atoms with Crippen LogP contribution in [0.4, 0.5) is 0 Å². The van der Waals surface area contributed by atoms with Crippen molar-refractivity contribution < 1.29 is 24.2 Å². The van der Waals surface area contributed by atoms with Crippen molar-refractivity contribution in [3.63, 3.8) is 0 Å². The first-order chi connectivity index (χ1) is 24.5. The molecular weight excluding hydrogens is 636 g/mol. The summed E-state index contributed by atoms with van der Waals surface area (Å²) in [4.78, 5) is 30.0. The highest BCUT2D eigenvalue weighted by atomic mass is 16.7. The highest BCUT2D eigenvalue weighted by Crippen LogP contribution is 2.53. The van der Waals surface area contributed by atoms with Crippen molar-refractivity contribution in [1.29, 1.82) is 0 Å². The number of rotatable bonds is 8. The van der Waals surface area contributed by atoms with E-state index in [0.29, 0.717) is 28.0 Å². The van der Waals surface area contributed by atoms with Crippen LogP contribution < -0.4 is 0 Å². The zero-order valence-electron chi connectivity index (χ0n) is 30.0. The summed E-state index contributed by atoms with van der Waals surface area (Å²) < 4.78 is 13.7. The molecule has 6 atom stereocenters. The summed E-state index contributed by atoms with van der Waals surface area (Å²) >= 11 is 0. The number of benzene rings is 4. The van der Waals surface area contributed by atoms with Gasteiger partial charge < -0.3 is 14.6 Å². The third-order valence-corrected chi connectivity index (χ3v) is 11.7. The average molecular weight is 685 g/mol. The molecule has 7 nitrogen and oxygen atoms in total. The van der Waals surface area contributed by atoms with Gasteiger partial charge in [-0.1, -0.05) is 107 Å². The van der Waals surface area contributed by atoms with Gasteiger partial charge in [0.2, 0.25) is 0 Å². The van der Waals surface area contributed by atoms with Gasteiger partial charge in [-0.2, -0.15) is 0 Å². The number of hydrogen-bond acceptors (Lipinski definition) is 6. The number of hydrogen-bond donors (Lipinski definition) is 1. The molecule has 1 N–H and O–H groups in total. The molecule has 0 spiro atoms. The fourth-order valence-corrected chi connectivity index (χ4v) is 9.60. The summed E-state index contributed by atoms with van der Waals surface area (Å²) in [5.41, 5.74) is 7.48. The van der Waals surface area contributed by atoms with E-state index in [1.165, 1.54) is 24.2 Å². The smallest absolute Gasteiger partial charge is 0.261 e. The molecule has 4 aliphatic rings. The van der Waals surface area contributed by atoms with Gasteiger partial charge in [0.1, 0.15) is 0 Å². The molecule has 3 heterocycles. The summed E-state index contributed by atoms with van der Waals surface area (Å²) in [7, 11) is 0. The zero-order valence-corrected chi connectivity index (χ0v) is 30.0. The first-order valence-corrected chi connectivity index (χ1v) is 18.4. The summed E-state index contributed by atoms with van der Waals surface area (Å²) in [6.45, 7) is 11.8. The number of likely N-dealkylation sites (tertiary alicyclic amines) is 1. The molecule has 7 heteroatoms. The molecule has 1 saturated carbocycles. The van der Waals surface area contributed by atoms with E-state index in [0.717, 1.165) is 46.5 Å². The van der Waals surface area contributed by atoms with Crippen LogP contribution in [0.3, 0.4) is 0 Å². The second kappa shape index (κ2) is 13.1. The minimum Gasteiger partial charge on any atom is -0.392 e. The molecule has 2 bridgehead atoms. The second-order valence-corrected chi connectivity index (χ2v) is 16.5. The number of imide groups is 1. The summed E-state index contributed by atoms with van der Waals surface area (Å²) in [6, 6.07) is 32.1. The Balaban J connectivity index is 1.02. The first kappa shape index (κ1) is 34.0. The van der Waals surface area contributed by atoms with E-state index >= 15 is 0 Å². The van der Waals surface area contributed by atoms with E-state index in [2.05, 4.69) is 69.0 Å². The summed E-state index contributed by atoms with van der Waals surface area (Å²) in [5, 5.41) is 9.67. The Hall–Kier alpha value is -4.14. The molecule has 51 heavy (non-hydrogen) atoms. The Morgan fingerprint density at radius 2 is 1.45 bits per heavy atom. The van der Waals surface area contributed by atoms with Crippen molar-refractivity contribution in [3.8, 4) is 11.1 Å². The molecule has 2 saturated heterocycles. The van der Waals surface area contributed by atoms with Gasteiger partial charge in [0, 0.05) is 30.6 Å². The van der Waals surface area contributed by atoms with E-state index in [-0.39, 0.29) is 43.1 Å². The minimum absolute atomic E-state index is 0.0131. The molecule has 8 rings (SSSR count). The molecule has 3 fully saturated rings. The van der Waals surface area contributed by atoms with E-state index in [1.807, 2.05) is 36.4 Å². The van der Waals surface area contributed by atoms with Crippen molar-refractivity contribution in [2.24, 2.45) is 16.7 Å². The van der Waals surface area contributed by atoms with Gasteiger partial charge in [-0.15, -0.1) is 0 Å². The maximum atomic E-state index is 13.0. The molecular formula is C44H48N2O5. The number of fused-ring (bicyclic) bond motifs is 3. The lowest BCUT2D eigenvalue weighted by Crippen LogP contribution is -2.46. The third kappa shape index (κ3) is 6.57. The first-order valence-electron chi connectivity index (χ1n) is 18.4. The number of amides is 2. The number of carbonyl (C=O) groups excluding carboxylic acids is 2. The highest BCUT2D eigenvalue weighted by molar-refractivity contribution is 6.21.